The summed E-state index contributed by atoms with van der Waals surface area (Å²) in [6.45, 7) is 8.37. The first-order chi connectivity index (χ1) is 18.8. The van der Waals surface area contributed by atoms with E-state index in [2.05, 4.69) is 26.8 Å². The summed E-state index contributed by atoms with van der Waals surface area (Å²) in [6.07, 6.45) is 3.84. The number of carbonyl (C=O) groups excluding carboxylic acids is 2. The number of benzene rings is 1. The zero-order valence-electron chi connectivity index (χ0n) is 22.4. The number of nitrogens with one attached hydrogen (secondary N) is 1. The summed E-state index contributed by atoms with van der Waals surface area (Å²) < 4.78 is 1.68. The van der Waals surface area contributed by atoms with Crippen LogP contribution in [0.25, 0.3) is 11.0 Å². The monoisotopic (exact) mass is 530 g/mol. The Hall–Kier alpha value is -4.41. The Morgan fingerprint density at radius 3 is 2.44 bits per heavy atom. The molecule has 11 nitrogen and oxygen atoms in total. The van der Waals surface area contributed by atoms with Crippen LogP contribution in [0.2, 0.25) is 0 Å². The maximum atomic E-state index is 12.7. The molecule has 2 fully saturated rings. The molecule has 0 bridgehead atoms. The van der Waals surface area contributed by atoms with Crippen LogP contribution in [0.1, 0.15) is 6.42 Å². The van der Waals surface area contributed by atoms with Crippen molar-refractivity contribution in [3.05, 3.63) is 65.6 Å². The molecule has 2 saturated heterocycles. The number of nitrogens with zero attached hydrogens (tertiary/aromatic N) is 7. The second-order valence-corrected chi connectivity index (χ2v) is 10.2. The van der Waals surface area contributed by atoms with Gasteiger partial charge in [-0.25, -0.2) is 9.78 Å². The van der Waals surface area contributed by atoms with Gasteiger partial charge in [0.15, 0.2) is 0 Å². The molecule has 39 heavy (non-hydrogen) atoms. The van der Waals surface area contributed by atoms with Gasteiger partial charge in [0.1, 0.15) is 5.65 Å². The molecule has 0 aliphatic carbocycles. The van der Waals surface area contributed by atoms with Crippen LogP contribution in [-0.2, 0) is 11.3 Å². The number of aryl methyl sites for hydroxylation is 1. The van der Waals surface area contributed by atoms with Crippen molar-refractivity contribution in [2.24, 2.45) is 5.92 Å². The smallest absolute Gasteiger partial charge is 0.319 e. The lowest BCUT2D eigenvalue weighted by molar-refractivity contribution is -0.132. The van der Waals surface area contributed by atoms with Crippen molar-refractivity contribution < 1.29 is 9.59 Å². The lowest BCUT2D eigenvalue weighted by Crippen LogP contribution is -2.51. The number of rotatable bonds is 7. The third-order valence-electron chi connectivity index (χ3n) is 7.35. The van der Waals surface area contributed by atoms with Gasteiger partial charge in [-0.2, -0.15) is 4.98 Å². The number of carbonyl (C=O) groups is 2. The van der Waals surface area contributed by atoms with E-state index in [0.29, 0.717) is 50.2 Å². The van der Waals surface area contributed by atoms with E-state index in [1.807, 2.05) is 29.2 Å². The summed E-state index contributed by atoms with van der Waals surface area (Å²) in [5.74, 6) is 0.714. The third-order valence-corrected chi connectivity index (χ3v) is 7.35. The number of anilines is 3. The zero-order valence-corrected chi connectivity index (χ0v) is 22.4. The lowest BCUT2D eigenvalue weighted by Gasteiger charge is -2.38. The van der Waals surface area contributed by atoms with Gasteiger partial charge < -0.3 is 24.9 Å². The molecule has 0 saturated carbocycles. The minimum absolute atomic E-state index is 0.0460. The quantitative estimate of drug-likeness (QED) is 0.468. The first-order valence-electron chi connectivity index (χ1n) is 13.2. The fourth-order valence-electron chi connectivity index (χ4n) is 5.04. The highest BCUT2D eigenvalue weighted by molar-refractivity contribution is 5.87. The standard InChI is InChI=1S/C28H34N8O3/c1-4-24(37)35-18-20(19-35)11-12-36-25(38)10-5-21-17-29-27(31-26(21)36)30-22-6-8-23(9-7-22)33-13-15-34(16-14-33)28(39)32(2)3/h4-10,17,20H,1,11-16,18-19H2,2-3H3,(H,29,30,31). The maximum Gasteiger partial charge on any atom is 0.319 e. The van der Waals surface area contributed by atoms with Crippen LogP contribution in [0.5, 0.6) is 0 Å². The van der Waals surface area contributed by atoms with Crippen LogP contribution in [-0.4, -0.2) is 94.5 Å². The summed E-state index contributed by atoms with van der Waals surface area (Å²) in [5, 5.41) is 4.04. The molecule has 0 unspecified atom stereocenters. The first-order valence-corrected chi connectivity index (χ1v) is 13.2. The molecule has 2 aromatic heterocycles. The minimum atomic E-state index is -0.109. The number of amides is 3. The van der Waals surface area contributed by atoms with E-state index in [4.69, 9.17) is 0 Å². The van der Waals surface area contributed by atoms with Crippen LogP contribution < -0.4 is 15.8 Å². The van der Waals surface area contributed by atoms with E-state index >= 15 is 0 Å². The molecule has 3 aromatic rings. The van der Waals surface area contributed by atoms with Crippen LogP contribution in [0.3, 0.4) is 0 Å². The second kappa shape index (κ2) is 11.1. The number of hydrogen-bond donors (Lipinski definition) is 1. The molecule has 0 atom stereocenters. The van der Waals surface area contributed by atoms with E-state index in [1.54, 1.807) is 46.8 Å². The van der Waals surface area contributed by atoms with Crippen LogP contribution in [0, 0.1) is 5.92 Å². The molecular weight excluding hydrogens is 496 g/mol. The summed E-state index contributed by atoms with van der Waals surface area (Å²) in [6, 6.07) is 11.4. The van der Waals surface area contributed by atoms with Gasteiger partial charge in [0.25, 0.3) is 5.56 Å². The number of hydrogen-bond acceptors (Lipinski definition) is 7. The SMILES string of the molecule is C=CC(=O)N1CC(CCn2c(=O)ccc3cnc(Nc4ccc(N5CCN(C(=O)N(C)C)CC5)cc4)nc32)C1. The van der Waals surface area contributed by atoms with Crippen molar-refractivity contribution in [1.29, 1.82) is 0 Å². The topological polar surface area (TPSA) is 107 Å². The number of fused-ring (bicyclic) bond motifs is 1. The second-order valence-electron chi connectivity index (χ2n) is 10.2. The van der Waals surface area contributed by atoms with E-state index < -0.39 is 0 Å². The molecule has 204 valence electrons. The Morgan fingerprint density at radius 2 is 1.77 bits per heavy atom. The van der Waals surface area contributed by atoms with Crippen LogP contribution >= 0.6 is 0 Å². The highest BCUT2D eigenvalue weighted by Crippen LogP contribution is 2.23. The summed E-state index contributed by atoms with van der Waals surface area (Å²) >= 11 is 0. The fraction of sp³-hybridized carbons (Fsp3) is 0.393. The number of aromatic nitrogens is 3. The van der Waals surface area contributed by atoms with Gasteiger partial charge in [0, 0.05) is 88.9 Å². The van der Waals surface area contributed by atoms with Crippen molar-refractivity contribution in [1.82, 2.24) is 29.2 Å². The van der Waals surface area contributed by atoms with Gasteiger partial charge >= 0.3 is 6.03 Å². The van der Waals surface area contributed by atoms with Gasteiger partial charge in [-0.15, -0.1) is 0 Å². The molecular formula is C28H34N8O3. The number of urea groups is 1. The van der Waals surface area contributed by atoms with E-state index in [0.717, 1.165) is 36.3 Å². The number of piperazine rings is 1. The predicted molar refractivity (Wildman–Crippen MR) is 151 cm³/mol. The summed E-state index contributed by atoms with van der Waals surface area (Å²) in [7, 11) is 3.55. The van der Waals surface area contributed by atoms with E-state index in [1.165, 1.54) is 6.08 Å². The Kier molecular flexibility index (Phi) is 7.49. The fourth-order valence-corrected chi connectivity index (χ4v) is 5.04. The van der Waals surface area contributed by atoms with Gasteiger partial charge in [0.05, 0.1) is 0 Å². The number of likely N-dealkylation sites (tertiary alicyclic amines) is 1. The van der Waals surface area contributed by atoms with Crippen molar-refractivity contribution in [2.45, 2.75) is 13.0 Å². The molecule has 11 heteroatoms. The van der Waals surface area contributed by atoms with Gasteiger partial charge in [-0.1, -0.05) is 6.58 Å². The molecule has 1 aromatic carbocycles. The van der Waals surface area contributed by atoms with Crippen molar-refractivity contribution in [2.75, 3.05) is 63.6 Å². The van der Waals surface area contributed by atoms with Crippen molar-refractivity contribution in [3.63, 3.8) is 0 Å². The highest BCUT2D eigenvalue weighted by atomic mass is 16.2. The molecule has 3 amide bonds. The summed E-state index contributed by atoms with van der Waals surface area (Å²) in [4.78, 5) is 53.2. The van der Waals surface area contributed by atoms with Gasteiger partial charge in [-0.3, -0.25) is 14.2 Å². The molecule has 1 N–H and O–H groups in total. The largest absolute Gasteiger partial charge is 0.368 e. The molecule has 0 spiro atoms. The molecule has 5 rings (SSSR count). The average Bonchev–Trinajstić information content (AvgIpc) is 2.93. The highest BCUT2D eigenvalue weighted by Gasteiger charge is 2.29. The Bertz CT molecular complexity index is 1420. The van der Waals surface area contributed by atoms with Gasteiger partial charge in [0.2, 0.25) is 11.9 Å². The maximum absolute atomic E-state index is 12.7. The Morgan fingerprint density at radius 1 is 1.05 bits per heavy atom. The summed E-state index contributed by atoms with van der Waals surface area (Å²) in [5.41, 5.74) is 2.41. The normalized spacial score (nSPS) is 15.7. The Balaban J connectivity index is 1.23. The lowest BCUT2D eigenvalue weighted by atomic mass is 9.96. The minimum Gasteiger partial charge on any atom is -0.368 e. The van der Waals surface area contributed by atoms with E-state index in [-0.39, 0.29) is 17.5 Å². The molecule has 4 heterocycles. The third kappa shape index (κ3) is 5.71. The van der Waals surface area contributed by atoms with Crippen LogP contribution in [0.15, 0.2) is 60.0 Å². The van der Waals surface area contributed by atoms with Crippen molar-refractivity contribution >= 4 is 40.3 Å². The molecule has 2 aliphatic rings. The van der Waals surface area contributed by atoms with Crippen molar-refractivity contribution in [3.8, 4) is 0 Å². The molecule has 0 radical (unpaired) electrons. The van der Waals surface area contributed by atoms with Crippen LogP contribution in [0.4, 0.5) is 22.1 Å². The molecule has 2 aliphatic heterocycles. The number of pyridine rings is 1. The average molecular weight is 531 g/mol. The van der Waals surface area contributed by atoms with Gasteiger partial charge in [-0.05, 0) is 48.7 Å². The zero-order chi connectivity index (χ0) is 27.5. The predicted octanol–water partition coefficient (Wildman–Crippen LogP) is 2.37. The van der Waals surface area contributed by atoms with E-state index in [9.17, 15) is 14.4 Å². The first kappa shape index (κ1) is 26.2. The Labute approximate surface area is 227 Å².